The van der Waals surface area contributed by atoms with E-state index in [0.29, 0.717) is 0 Å². The van der Waals surface area contributed by atoms with E-state index in [9.17, 15) is 9.59 Å². The lowest BCUT2D eigenvalue weighted by molar-refractivity contribution is 0.0696. The number of nitrogens with zero attached hydrogens (tertiary/aromatic N) is 3. The molecule has 0 amide bonds. The number of carboxylic acid groups (broad SMARTS) is 2. The minimum Gasteiger partial charge on any atom is -0.478 e. The summed E-state index contributed by atoms with van der Waals surface area (Å²) in [5, 5.41) is 24.5. The Morgan fingerprint density at radius 2 is 1.68 bits per heavy atom. The molecular formula is C12H13N3O4. The third-order valence-electron chi connectivity index (χ3n) is 2.34. The fourth-order valence-corrected chi connectivity index (χ4v) is 1.37. The van der Waals surface area contributed by atoms with Crippen molar-refractivity contribution in [2.24, 2.45) is 7.05 Å². The van der Waals surface area contributed by atoms with Crippen molar-refractivity contribution in [3.8, 4) is 0 Å². The Kier molecular flexibility index (Phi) is 4.76. The number of carbonyl (C=O) groups is 2. The summed E-state index contributed by atoms with van der Waals surface area (Å²) in [5.41, 5.74) is 0.335. The van der Waals surface area contributed by atoms with Crippen LogP contribution >= 0.6 is 0 Å². The fraction of sp³-hybridized carbons (Fsp3) is 0.167. The smallest absolute Gasteiger partial charge is 0.335 e. The van der Waals surface area contributed by atoms with E-state index in [2.05, 4.69) is 10.3 Å². The molecule has 2 rings (SSSR count). The lowest BCUT2D eigenvalue weighted by Crippen LogP contribution is -2.06. The van der Waals surface area contributed by atoms with Crippen molar-refractivity contribution in [3.63, 3.8) is 0 Å². The number of aryl methyl sites for hydroxylation is 1. The van der Waals surface area contributed by atoms with Gasteiger partial charge in [0.15, 0.2) is 0 Å². The minimum atomic E-state index is -1.11. The first-order valence-corrected chi connectivity index (χ1v) is 5.30. The number of aromatic nitrogens is 3. The van der Waals surface area contributed by atoms with Crippen molar-refractivity contribution in [2.45, 2.75) is 6.92 Å². The summed E-state index contributed by atoms with van der Waals surface area (Å²) in [6.07, 6.45) is 3.42. The van der Waals surface area contributed by atoms with Crippen LogP contribution in [0.3, 0.4) is 0 Å². The summed E-state index contributed by atoms with van der Waals surface area (Å²) in [4.78, 5) is 21.2. The van der Waals surface area contributed by atoms with Crippen LogP contribution < -0.4 is 0 Å². The van der Waals surface area contributed by atoms with Crippen molar-refractivity contribution in [2.75, 3.05) is 0 Å². The van der Waals surface area contributed by atoms with E-state index in [-0.39, 0.29) is 16.7 Å². The first-order valence-electron chi connectivity index (χ1n) is 5.30. The molecule has 0 aliphatic heterocycles. The van der Waals surface area contributed by atoms with Crippen LogP contribution in [0, 0.1) is 6.92 Å². The van der Waals surface area contributed by atoms with Crippen molar-refractivity contribution >= 4 is 11.9 Å². The fourth-order valence-electron chi connectivity index (χ4n) is 1.37. The van der Waals surface area contributed by atoms with Crippen LogP contribution in [0.1, 0.15) is 26.3 Å². The average Bonchev–Trinajstić information content (AvgIpc) is 2.80. The molecule has 100 valence electrons. The van der Waals surface area contributed by atoms with Gasteiger partial charge in [0.05, 0.1) is 17.3 Å². The Balaban J connectivity index is 0.000000250. The van der Waals surface area contributed by atoms with Crippen molar-refractivity contribution in [1.82, 2.24) is 15.0 Å². The van der Waals surface area contributed by atoms with E-state index in [1.54, 1.807) is 17.1 Å². The molecule has 7 heteroatoms. The maximum Gasteiger partial charge on any atom is 0.335 e. The summed E-state index contributed by atoms with van der Waals surface area (Å²) in [7, 11) is 1.83. The number of aromatic carboxylic acids is 2. The van der Waals surface area contributed by atoms with Gasteiger partial charge in [0.1, 0.15) is 0 Å². The molecule has 0 atom stereocenters. The van der Waals surface area contributed by atoms with E-state index in [4.69, 9.17) is 10.2 Å². The molecular weight excluding hydrogens is 250 g/mol. The van der Waals surface area contributed by atoms with Crippen LogP contribution in [0.5, 0.6) is 0 Å². The molecule has 0 bridgehead atoms. The van der Waals surface area contributed by atoms with E-state index in [1.165, 1.54) is 25.1 Å². The van der Waals surface area contributed by atoms with Gasteiger partial charge in [-0.3, -0.25) is 4.68 Å². The van der Waals surface area contributed by atoms with Crippen LogP contribution in [0.15, 0.2) is 30.6 Å². The quantitative estimate of drug-likeness (QED) is 0.843. The highest BCUT2D eigenvalue weighted by molar-refractivity contribution is 5.96. The molecule has 2 aromatic rings. The number of rotatable bonds is 2. The molecule has 1 heterocycles. The predicted molar refractivity (Wildman–Crippen MR) is 66.1 cm³/mol. The highest BCUT2D eigenvalue weighted by Crippen LogP contribution is 2.13. The van der Waals surface area contributed by atoms with Crippen LogP contribution in [0.4, 0.5) is 0 Å². The van der Waals surface area contributed by atoms with Gasteiger partial charge in [-0.2, -0.15) is 0 Å². The summed E-state index contributed by atoms with van der Waals surface area (Å²) in [6, 6.07) is 4.17. The molecule has 1 aromatic heterocycles. The average molecular weight is 263 g/mol. The van der Waals surface area contributed by atoms with Gasteiger partial charge in [-0.25, -0.2) is 9.59 Å². The van der Waals surface area contributed by atoms with Gasteiger partial charge in [0, 0.05) is 13.2 Å². The first kappa shape index (κ1) is 14.4. The van der Waals surface area contributed by atoms with Crippen molar-refractivity contribution in [1.29, 1.82) is 0 Å². The van der Waals surface area contributed by atoms with E-state index in [0.717, 1.165) is 0 Å². The van der Waals surface area contributed by atoms with E-state index in [1.807, 2.05) is 7.05 Å². The normalized spacial score (nSPS) is 9.37. The highest BCUT2D eigenvalue weighted by atomic mass is 16.4. The van der Waals surface area contributed by atoms with Gasteiger partial charge in [-0.15, -0.1) is 5.10 Å². The van der Waals surface area contributed by atoms with Gasteiger partial charge in [0.25, 0.3) is 0 Å². The Labute approximate surface area is 109 Å². The number of benzene rings is 1. The molecule has 0 aliphatic carbocycles. The Hall–Kier alpha value is -2.70. The minimum absolute atomic E-state index is 0.0277. The highest BCUT2D eigenvalue weighted by Gasteiger charge is 2.13. The van der Waals surface area contributed by atoms with Crippen LogP contribution in [-0.4, -0.2) is 37.1 Å². The monoisotopic (exact) mass is 263 g/mol. The SMILES string of the molecule is Cc1c(C(=O)O)cccc1C(=O)O.Cn1ccnn1. The molecule has 19 heavy (non-hydrogen) atoms. The summed E-state index contributed by atoms with van der Waals surface area (Å²) in [6.45, 7) is 1.48. The zero-order valence-electron chi connectivity index (χ0n) is 10.4. The largest absolute Gasteiger partial charge is 0.478 e. The van der Waals surface area contributed by atoms with Gasteiger partial charge < -0.3 is 10.2 Å². The van der Waals surface area contributed by atoms with Gasteiger partial charge in [-0.1, -0.05) is 11.3 Å². The van der Waals surface area contributed by atoms with Crippen molar-refractivity contribution in [3.05, 3.63) is 47.3 Å². The molecule has 0 aliphatic rings. The lowest BCUT2D eigenvalue weighted by atomic mass is 10.0. The number of hydrogen-bond acceptors (Lipinski definition) is 4. The summed E-state index contributed by atoms with van der Waals surface area (Å²) in [5.74, 6) is -2.22. The van der Waals surface area contributed by atoms with Gasteiger partial charge in [-0.05, 0) is 24.6 Å². The van der Waals surface area contributed by atoms with Gasteiger partial charge in [0.2, 0.25) is 0 Å². The second-order valence-electron chi connectivity index (χ2n) is 3.67. The third-order valence-corrected chi connectivity index (χ3v) is 2.34. The first-order chi connectivity index (χ1) is 8.93. The van der Waals surface area contributed by atoms with Crippen LogP contribution in [0.25, 0.3) is 0 Å². The Morgan fingerprint density at radius 3 is 1.95 bits per heavy atom. The summed E-state index contributed by atoms with van der Waals surface area (Å²) < 4.78 is 1.64. The van der Waals surface area contributed by atoms with Crippen LogP contribution in [-0.2, 0) is 7.05 Å². The standard InChI is InChI=1S/C9H8O4.C3H5N3/c1-5-6(8(10)11)3-2-4-7(5)9(12)13;1-6-3-2-4-5-6/h2-4H,1H3,(H,10,11)(H,12,13);2-3H,1H3. The molecule has 2 N–H and O–H groups in total. The maximum atomic E-state index is 10.6. The van der Waals surface area contributed by atoms with E-state index >= 15 is 0 Å². The third kappa shape index (κ3) is 3.91. The molecule has 0 unspecified atom stereocenters. The summed E-state index contributed by atoms with van der Waals surface area (Å²) >= 11 is 0. The van der Waals surface area contributed by atoms with E-state index < -0.39 is 11.9 Å². The number of carboxylic acids is 2. The molecule has 0 radical (unpaired) electrons. The molecule has 7 nitrogen and oxygen atoms in total. The maximum absolute atomic E-state index is 10.6. The molecule has 0 spiro atoms. The molecule has 0 saturated heterocycles. The van der Waals surface area contributed by atoms with Gasteiger partial charge >= 0.3 is 11.9 Å². The zero-order chi connectivity index (χ0) is 14.4. The predicted octanol–water partition coefficient (Wildman–Crippen LogP) is 1.21. The van der Waals surface area contributed by atoms with Crippen LogP contribution in [0.2, 0.25) is 0 Å². The second-order valence-corrected chi connectivity index (χ2v) is 3.67. The van der Waals surface area contributed by atoms with Crippen molar-refractivity contribution < 1.29 is 19.8 Å². The Bertz CT molecular complexity index is 546. The molecule has 0 fully saturated rings. The second kappa shape index (κ2) is 6.29. The molecule has 0 saturated carbocycles. The number of hydrogen-bond donors (Lipinski definition) is 2. The topological polar surface area (TPSA) is 105 Å². The zero-order valence-corrected chi connectivity index (χ0v) is 10.4. The molecule has 1 aromatic carbocycles. The lowest BCUT2D eigenvalue weighted by Gasteiger charge is -2.03. The Morgan fingerprint density at radius 1 is 1.16 bits per heavy atom.